The van der Waals surface area contributed by atoms with Crippen molar-refractivity contribution in [3.63, 3.8) is 0 Å². The van der Waals surface area contributed by atoms with Crippen molar-refractivity contribution in [2.24, 2.45) is 0 Å². The third-order valence-corrected chi connectivity index (χ3v) is 1.46. The van der Waals surface area contributed by atoms with Gasteiger partial charge < -0.3 is 15.5 Å². The standard InChI is InChI=1S/C7H17N3O/c1-6(8-2)5-9-7(11)10(3)4/h6,8H,5H2,1-4H3,(H,9,11). The summed E-state index contributed by atoms with van der Waals surface area (Å²) in [6.45, 7) is 2.67. The molecule has 11 heavy (non-hydrogen) atoms. The molecule has 0 aliphatic rings. The summed E-state index contributed by atoms with van der Waals surface area (Å²) < 4.78 is 0. The smallest absolute Gasteiger partial charge is 0.316 e. The Morgan fingerprint density at radius 2 is 2.09 bits per heavy atom. The number of rotatable bonds is 3. The maximum absolute atomic E-state index is 11.0. The van der Waals surface area contributed by atoms with E-state index >= 15 is 0 Å². The van der Waals surface area contributed by atoms with Gasteiger partial charge in [-0.05, 0) is 14.0 Å². The quantitative estimate of drug-likeness (QED) is 0.602. The number of amides is 2. The van der Waals surface area contributed by atoms with Gasteiger partial charge in [-0.1, -0.05) is 0 Å². The van der Waals surface area contributed by atoms with Gasteiger partial charge in [-0.3, -0.25) is 0 Å². The first-order chi connectivity index (χ1) is 5.07. The fourth-order valence-corrected chi connectivity index (χ4v) is 0.501. The maximum atomic E-state index is 11.0. The van der Waals surface area contributed by atoms with Crippen LogP contribution in [0.3, 0.4) is 0 Å². The molecule has 0 aromatic rings. The molecule has 0 spiro atoms. The van der Waals surface area contributed by atoms with E-state index in [-0.39, 0.29) is 6.03 Å². The number of nitrogens with one attached hydrogen (secondary N) is 2. The van der Waals surface area contributed by atoms with E-state index in [0.717, 1.165) is 0 Å². The second-order valence-corrected chi connectivity index (χ2v) is 2.77. The van der Waals surface area contributed by atoms with Crippen LogP contribution in [-0.4, -0.2) is 44.7 Å². The van der Waals surface area contributed by atoms with E-state index in [0.29, 0.717) is 12.6 Å². The predicted molar refractivity (Wildman–Crippen MR) is 45.6 cm³/mol. The second-order valence-electron chi connectivity index (χ2n) is 2.77. The van der Waals surface area contributed by atoms with Crippen molar-refractivity contribution < 1.29 is 4.79 Å². The van der Waals surface area contributed by atoms with Crippen LogP contribution in [0.15, 0.2) is 0 Å². The summed E-state index contributed by atoms with van der Waals surface area (Å²) in [5, 5.41) is 5.78. The minimum atomic E-state index is -0.0490. The summed E-state index contributed by atoms with van der Waals surface area (Å²) in [7, 11) is 5.31. The normalized spacial score (nSPS) is 12.4. The molecule has 0 aromatic carbocycles. The van der Waals surface area contributed by atoms with Crippen LogP contribution in [0, 0.1) is 0 Å². The number of carbonyl (C=O) groups is 1. The van der Waals surface area contributed by atoms with Gasteiger partial charge in [0, 0.05) is 26.7 Å². The van der Waals surface area contributed by atoms with Gasteiger partial charge >= 0.3 is 6.03 Å². The molecular formula is C7H17N3O. The highest BCUT2D eigenvalue weighted by atomic mass is 16.2. The second kappa shape index (κ2) is 4.96. The van der Waals surface area contributed by atoms with Crippen LogP contribution in [0.5, 0.6) is 0 Å². The van der Waals surface area contributed by atoms with E-state index in [4.69, 9.17) is 0 Å². The average molecular weight is 159 g/mol. The van der Waals surface area contributed by atoms with E-state index in [2.05, 4.69) is 10.6 Å². The summed E-state index contributed by atoms with van der Waals surface area (Å²) in [4.78, 5) is 12.5. The number of carbonyl (C=O) groups excluding carboxylic acids is 1. The summed E-state index contributed by atoms with van der Waals surface area (Å²) in [5.41, 5.74) is 0. The summed E-state index contributed by atoms with van der Waals surface area (Å²) in [6.07, 6.45) is 0. The zero-order valence-electron chi connectivity index (χ0n) is 7.64. The highest BCUT2D eigenvalue weighted by Crippen LogP contribution is 1.79. The lowest BCUT2D eigenvalue weighted by molar-refractivity contribution is 0.216. The highest BCUT2D eigenvalue weighted by Gasteiger charge is 2.03. The Bertz CT molecular complexity index is 125. The average Bonchev–Trinajstić information content (AvgIpc) is 1.99. The molecular weight excluding hydrogens is 142 g/mol. The third-order valence-electron chi connectivity index (χ3n) is 1.46. The zero-order chi connectivity index (χ0) is 8.85. The molecule has 0 rings (SSSR count). The van der Waals surface area contributed by atoms with Gasteiger partial charge in [0.05, 0.1) is 0 Å². The molecule has 0 heterocycles. The lowest BCUT2D eigenvalue weighted by Crippen LogP contribution is -2.41. The fraction of sp³-hybridized carbons (Fsp3) is 0.857. The lowest BCUT2D eigenvalue weighted by Gasteiger charge is -2.15. The van der Waals surface area contributed by atoms with Crippen LogP contribution in [0.4, 0.5) is 4.79 Å². The van der Waals surface area contributed by atoms with Gasteiger partial charge in [0.2, 0.25) is 0 Å². The van der Waals surface area contributed by atoms with Crippen LogP contribution < -0.4 is 10.6 Å². The predicted octanol–water partition coefficient (Wildman–Crippen LogP) is -0.134. The molecule has 0 aliphatic heterocycles. The monoisotopic (exact) mass is 159 g/mol. The molecule has 66 valence electrons. The van der Waals surface area contributed by atoms with Gasteiger partial charge in [-0.25, -0.2) is 4.79 Å². The van der Waals surface area contributed by atoms with Crippen molar-refractivity contribution in [3.05, 3.63) is 0 Å². The first-order valence-electron chi connectivity index (χ1n) is 3.70. The Kier molecular flexibility index (Phi) is 4.61. The van der Waals surface area contributed by atoms with Crippen LogP contribution in [0.1, 0.15) is 6.92 Å². The molecule has 0 bridgehead atoms. The van der Waals surface area contributed by atoms with Gasteiger partial charge in [-0.15, -0.1) is 0 Å². The van der Waals surface area contributed by atoms with E-state index in [1.54, 1.807) is 14.1 Å². The largest absolute Gasteiger partial charge is 0.336 e. The molecule has 1 unspecified atom stereocenters. The van der Waals surface area contributed by atoms with Gasteiger partial charge in [-0.2, -0.15) is 0 Å². The minimum absolute atomic E-state index is 0.0490. The van der Waals surface area contributed by atoms with Crippen LogP contribution in [-0.2, 0) is 0 Å². The van der Waals surface area contributed by atoms with E-state index in [9.17, 15) is 4.79 Å². The van der Waals surface area contributed by atoms with Gasteiger partial charge in [0.25, 0.3) is 0 Å². The van der Waals surface area contributed by atoms with Crippen LogP contribution in [0.2, 0.25) is 0 Å². The maximum Gasteiger partial charge on any atom is 0.316 e. The molecule has 0 aromatic heterocycles. The molecule has 0 fully saturated rings. The van der Waals surface area contributed by atoms with Crippen molar-refractivity contribution in [2.45, 2.75) is 13.0 Å². The highest BCUT2D eigenvalue weighted by molar-refractivity contribution is 5.73. The van der Waals surface area contributed by atoms with Crippen LogP contribution >= 0.6 is 0 Å². The van der Waals surface area contributed by atoms with Crippen molar-refractivity contribution in [3.8, 4) is 0 Å². The van der Waals surface area contributed by atoms with Crippen LogP contribution in [0.25, 0.3) is 0 Å². The SMILES string of the molecule is CNC(C)CNC(=O)N(C)C. The van der Waals surface area contributed by atoms with E-state index in [1.165, 1.54) is 4.90 Å². The Morgan fingerprint density at radius 3 is 2.45 bits per heavy atom. The molecule has 0 saturated heterocycles. The number of nitrogens with zero attached hydrogens (tertiary/aromatic N) is 1. The molecule has 2 N–H and O–H groups in total. The van der Waals surface area contributed by atoms with Crippen molar-refractivity contribution in [1.82, 2.24) is 15.5 Å². The molecule has 4 heteroatoms. The topological polar surface area (TPSA) is 44.4 Å². The van der Waals surface area contributed by atoms with Crippen molar-refractivity contribution >= 4 is 6.03 Å². The Morgan fingerprint density at radius 1 is 1.55 bits per heavy atom. The first-order valence-corrected chi connectivity index (χ1v) is 3.70. The Balaban J connectivity index is 3.46. The molecule has 2 amide bonds. The molecule has 1 atom stereocenters. The number of hydrogen-bond acceptors (Lipinski definition) is 2. The molecule has 0 saturated carbocycles. The van der Waals surface area contributed by atoms with Crippen molar-refractivity contribution in [2.75, 3.05) is 27.7 Å². The third kappa shape index (κ3) is 4.61. The van der Waals surface area contributed by atoms with Gasteiger partial charge in [0.15, 0.2) is 0 Å². The van der Waals surface area contributed by atoms with E-state index in [1.807, 2.05) is 14.0 Å². The zero-order valence-corrected chi connectivity index (χ0v) is 7.64. The van der Waals surface area contributed by atoms with E-state index < -0.39 is 0 Å². The first kappa shape index (κ1) is 10.2. The number of likely N-dealkylation sites (N-methyl/N-ethyl adjacent to an activating group) is 1. The molecule has 0 radical (unpaired) electrons. The summed E-state index contributed by atoms with van der Waals surface area (Å²) in [5.74, 6) is 0. The van der Waals surface area contributed by atoms with Gasteiger partial charge in [0.1, 0.15) is 0 Å². The Labute approximate surface area is 67.9 Å². The number of urea groups is 1. The summed E-state index contributed by atoms with van der Waals surface area (Å²) >= 11 is 0. The fourth-order valence-electron chi connectivity index (χ4n) is 0.501. The molecule has 0 aliphatic carbocycles. The number of hydrogen-bond donors (Lipinski definition) is 2. The van der Waals surface area contributed by atoms with Crippen molar-refractivity contribution in [1.29, 1.82) is 0 Å². The summed E-state index contributed by atoms with van der Waals surface area (Å²) in [6, 6.07) is 0.269. The molecule has 4 nitrogen and oxygen atoms in total. The Hall–Kier alpha value is -0.770. The lowest BCUT2D eigenvalue weighted by atomic mass is 10.3. The minimum Gasteiger partial charge on any atom is -0.336 e.